The monoisotopic (exact) mass is 312 g/mol. The van der Waals surface area contributed by atoms with Crippen LogP contribution in [0, 0.1) is 0 Å². The van der Waals surface area contributed by atoms with Gasteiger partial charge in [-0.05, 0) is 17.7 Å². The summed E-state index contributed by atoms with van der Waals surface area (Å²) in [6.45, 7) is -0.127. The van der Waals surface area contributed by atoms with E-state index in [0.717, 1.165) is 12.1 Å². The van der Waals surface area contributed by atoms with Crippen molar-refractivity contribution in [2.75, 3.05) is 0 Å². The number of oxime groups is 1. The second-order valence-corrected chi connectivity index (χ2v) is 4.21. The fourth-order valence-electron chi connectivity index (χ4n) is 1.59. The van der Waals surface area contributed by atoms with Crippen molar-refractivity contribution in [2.24, 2.45) is 10.9 Å². The third kappa shape index (κ3) is 3.84. The first-order valence-electron chi connectivity index (χ1n) is 5.99. The first kappa shape index (κ1) is 15.5. The molecule has 0 fully saturated rings. The van der Waals surface area contributed by atoms with E-state index in [2.05, 4.69) is 15.1 Å². The molecule has 116 valence electrons. The Bertz CT molecular complexity index is 689. The Kier molecular flexibility index (Phi) is 4.44. The molecular formula is C13H11F3N4O2. The van der Waals surface area contributed by atoms with Gasteiger partial charge in [0.05, 0.1) is 18.0 Å². The molecule has 0 aliphatic rings. The standard InChI is InChI=1S/C13H11F3N4O2/c14-13(15,16)9-3-1-2-8(4-9)7-22-11-6-18-5-10(19-11)12(17)20-21/h1-6,21H,7H2,(H2,17,20). The number of nitrogens with two attached hydrogens (primary N) is 1. The Morgan fingerprint density at radius 2 is 2.09 bits per heavy atom. The molecule has 1 aromatic heterocycles. The van der Waals surface area contributed by atoms with Gasteiger partial charge in [0, 0.05) is 0 Å². The summed E-state index contributed by atoms with van der Waals surface area (Å²) in [5.74, 6) is -0.210. The summed E-state index contributed by atoms with van der Waals surface area (Å²) >= 11 is 0. The van der Waals surface area contributed by atoms with Gasteiger partial charge in [-0.3, -0.25) is 4.98 Å². The summed E-state index contributed by atoms with van der Waals surface area (Å²) in [4.78, 5) is 7.69. The lowest BCUT2D eigenvalue weighted by Crippen LogP contribution is -2.15. The van der Waals surface area contributed by atoms with E-state index in [4.69, 9.17) is 15.7 Å². The Balaban J connectivity index is 2.11. The first-order chi connectivity index (χ1) is 10.4. The maximum Gasteiger partial charge on any atom is 0.416 e. The van der Waals surface area contributed by atoms with E-state index in [-0.39, 0.29) is 24.0 Å². The first-order valence-corrected chi connectivity index (χ1v) is 5.99. The smallest absolute Gasteiger partial charge is 0.416 e. The van der Waals surface area contributed by atoms with E-state index in [1.54, 1.807) is 0 Å². The highest BCUT2D eigenvalue weighted by Crippen LogP contribution is 2.29. The third-order valence-corrected chi connectivity index (χ3v) is 2.62. The number of nitrogens with zero attached hydrogens (tertiary/aromatic N) is 3. The van der Waals surface area contributed by atoms with Gasteiger partial charge in [-0.1, -0.05) is 17.3 Å². The van der Waals surface area contributed by atoms with Crippen LogP contribution < -0.4 is 10.5 Å². The van der Waals surface area contributed by atoms with Crippen LogP contribution in [0.3, 0.4) is 0 Å². The minimum absolute atomic E-state index is 0.0431. The molecule has 2 aromatic rings. The maximum absolute atomic E-state index is 12.6. The van der Waals surface area contributed by atoms with Crippen molar-refractivity contribution in [3.63, 3.8) is 0 Å². The average molecular weight is 312 g/mol. The SMILES string of the molecule is N/C(=N\O)c1cncc(OCc2cccc(C(F)(F)F)c2)n1. The van der Waals surface area contributed by atoms with Crippen molar-refractivity contribution in [1.82, 2.24) is 9.97 Å². The predicted octanol–water partition coefficient (Wildman–Crippen LogP) is 2.17. The number of hydrogen-bond acceptors (Lipinski definition) is 5. The van der Waals surface area contributed by atoms with Crippen LogP contribution in [0.1, 0.15) is 16.8 Å². The number of amidine groups is 1. The van der Waals surface area contributed by atoms with Gasteiger partial charge in [0.1, 0.15) is 12.3 Å². The fourth-order valence-corrected chi connectivity index (χ4v) is 1.59. The molecule has 0 atom stereocenters. The van der Waals surface area contributed by atoms with Crippen molar-refractivity contribution >= 4 is 5.84 Å². The van der Waals surface area contributed by atoms with E-state index in [9.17, 15) is 13.2 Å². The molecule has 0 aliphatic carbocycles. The quantitative estimate of drug-likeness (QED) is 0.390. The second-order valence-electron chi connectivity index (χ2n) is 4.21. The summed E-state index contributed by atoms with van der Waals surface area (Å²) in [6.07, 6.45) is -1.89. The van der Waals surface area contributed by atoms with Gasteiger partial charge in [-0.15, -0.1) is 0 Å². The van der Waals surface area contributed by atoms with Crippen LogP contribution in [-0.4, -0.2) is 21.0 Å². The Morgan fingerprint density at radius 1 is 1.32 bits per heavy atom. The lowest BCUT2D eigenvalue weighted by molar-refractivity contribution is -0.137. The minimum atomic E-state index is -4.41. The van der Waals surface area contributed by atoms with Gasteiger partial charge in [0.2, 0.25) is 5.88 Å². The largest absolute Gasteiger partial charge is 0.472 e. The molecule has 0 amide bonds. The highest BCUT2D eigenvalue weighted by molar-refractivity contribution is 5.94. The maximum atomic E-state index is 12.6. The van der Waals surface area contributed by atoms with Gasteiger partial charge in [-0.2, -0.15) is 13.2 Å². The van der Waals surface area contributed by atoms with E-state index < -0.39 is 11.7 Å². The number of hydrogen-bond donors (Lipinski definition) is 2. The lowest BCUT2D eigenvalue weighted by Gasteiger charge is -2.09. The Hall–Kier alpha value is -2.84. The van der Waals surface area contributed by atoms with Gasteiger partial charge >= 0.3 is 6.18 Å². The number of halogens is 3. The van der Waals surface area contributed by atoms with Crippen LogP contribution in [0.15, 0.2) is 41.8 Å². The van der Waals surface area contributed by atoms with E-state index in [1.807, 2.05) is 0 Å². The molecule has 0 radical (unpaired) electrons. The molecule has 0 unspecified atom stereocenters. The van der Waals surface area contributed by atoms with E-state index in [1.165, 1.54) is 24.5 Å². The highest BCUT2D eigenvalue weighted by atomic mass is 19.4. The van der Waals surface area contributed by atoms with Crippen molar-refractivity contribution in [3.05, 3.63) is 53.5 Å². The lowest BCUT2D eigenvalue weighted by atomic mass is 10.1. The van der Waals surface area contributed by atoms with Crippen LogP contribution in [0.25, 0.3) is 0 Å². The molecule has 22 heavy (non-hydrogen) atoms. The molecule has 0 aliphatic heterocycles. The molecule has 2 rings (SSSR count). The van der Waals surface area contributed by atoms with Crippen LogP contribution in [-0.2, 0) is 12.8 Å². The summed E-state index contributed by atoms with van der Waals surface area (Å²) in [6, 6.07) is 4.75. The van der Waals surface area contributed by atoms with Gasteiger partial charge in [0.25, 0.3) is 0 Å². The fraction of sp³-hybridized carbons (Fsp3) is 0.154. The van der Waals surface area contributed by atoms with Crippen molar-refractivity contribution < 1.29 is 23.1 Å². The Morgan fingerprint density at radius 3 is 2.77 bits per heavy atom. The predicted molar refractivity (Wildman–Crippen MR) is 70.3 cm³/mol. The van der Waals surface area contributed by atoms with Crippen molar-refractivity contribution in [3.8, 4) is 5.88 Å². The van der Waals surface area contributed by atoms with Crippen molar-refractivity contribution in [2.45, 2.75) is 12.8 Å². The van der Waals surface area contributed by atoms with Gasteiger partial charge < -0.3 is 15.7 Å². The van der Waals surface area contributed by atoms with Gasteiger partial charge in [-0.25, -0.2) is 4.98 Å². The summed E-state index contributed by atoms with van der Waals surface area (Å²) in [7, 11) is 0. The van der Waals surface area contributed by atoms with E-state index >= 15 is 0 Å². The molecule has 0 saturated carbocycles. The topological polar surface area (TPSA) is 93.6 Å². The third-order valence-electron chi connectivity index (χ3n) is 2.62. The zero-order chi connectivity index (χ0) is 16.2. The molecule has 1 aromatic carbocycles. The average Bonchev–Trinajstić information content (AvgIpc) is 2.52. The molecular weight excluding hydrogens is 301 g/mol. The second kappa shape index (κ2) is 6.29. The van der Waals surface area contributed by atoms with E-state index in [0.29, 0.717) is 5.56 Å². The zero-order valence-electron chi connectivity index (χ0n) is 11.1. The molecule has 6 nitrogen and oxygen atoms in total. The highest BCUT2D eigenvalue weighted by Gasteiger charge is 2.30. The van der Waals surface area contributed by atoms with Crippen LogP contribution >= 0.6 is 0 Å². The molecule has 0 spiro atoms. The molecule has 9 heteroatoms. The normalized spacial score (nSPS) is 12.2. The van der Waals surface area contributed by atoms with Crippen LogP contribution in [0.2, 0.25) is 0 Å². The van der Waals surface area contributed by atoms with Crippen LogP contribution in [0.5, 0.6) is 5.88 Å². The molecule has 0 bridgehead atoms. The van der Waals surface area contributed by atoms with Crippen LogP contribution in [0.4, 0.5) is 13.2 Å². The number of aromatic nitrogens is 2. The molecule has 1 heterocycles. The number of benzene rings is 1. The summed E-state index contributed by atoms with van der Waals surface area (Å²) in [5.41, 5.74) is 5.01. The number of rotatable bonds is 4. The summed E-state index contributed by atoms with van der Waals surface area (Å²) < 4.78 is 43.1. The minimum Gasteiger partial charge on any atom is -0.472 e. The Labute approximate surface area is 123 Å². The zero-order valence-corrected chi connectivity index (χ0v) is 11.1. The van der Waals surface area contributed by atoms with Gasteiger partial charge in [0.15, 0.2) is 5.84 Å². The number of ether oxygens (including phenoxy) is 1. The summed E-state index contributed by atoms with van der Waals surface area (Å²) in [5, 5.41) is 11.3. The van der Waals surface area contributed by atoms with Crippen molar-refractivity contribution in [1.29, 1.82) is 0 Å². The molecule has 0 saturated heterocycles. The number of alkyl halides is 3. The molecule has 3 N–H and O–H groups in total.